The van der Waals surface area contributed by atoms with Crippen molar-refractivity contribution in [3.8, 4) is 0 Å². The van der Waals surface area contributed by atoms with Gasteiger partial charge in [-0.1, -0.05) is 41.9 Å². The second-order valence-electron chi connectivity index (χ2n) is 6.15. The molecular weight excluding hydrogens is 354 g/mol. The SMILES string of the molecule is Clc1ccc2oc(N[C@@H](CN3CCSCC3)c3ccccc3)nc2c1. The van der Waals surface area contributed by atoms with Gasteiger partial charge in [0.25, 0.3) is 6.01 Å². The topological polar surface area (TPSA) is 41.3 Å². The third-order valence-electron chi connectivity index (χ3n) is 4.39. The smallest absolute Gasteiger partial charge is 0.296 e. The Labute approximate surface area is 156 Å². The fourth-order valence-electron chi connectivity index (χ4n) is 3.07. The van der Waals surface area contributed by atoms with Crippen LogP contribution in [0, 0.1) is 0 Å². The van der Waals surface area contributed by atoms with E-state index in [0.29, 0.717) is 11.0 Å². The number of aromatic nitrogens is 1. The van der Waals surface area contributed by atoms with Gasteiger partial charge < -0.3 is 9.73 Å². The summed E-state index contributed by atoms with van der Waals surface area (Å²) in [6.45, 7) is 3.18. The highest BCUT2D eigenvalue weighted by Crippen LogP contribution is 2.26. The number of fused-ring (bicyclic) bond motifs is 1. The molecule has 130 valence electrons. The average molecular weight is 374 g/mol. The molecule has 0 saturated carbocycles. The van der Waals surface area contributed by atoms with Crippen LogP contribution in [0.15, 0.2) is 52.9 Å². The quantitative estimate of drug-likeness (QED) is 0.703. The van der Waals surface area contributed by atoms with Crippen LogP contribution >= 0.6 is 23.4 Å². The lowest BCUT2D eigenvalue weighted by atomic mass is 10.1. The highest BCUT2D eigenvalue weighted by molar-refractivity contribution is 7.99. The molecule has 1 aliphatic heterocycles. The average Bonchev–Trinajstić information content (AvgIpc) is 3.04. The van der Waals surface area contributed by atoms with Crippen molar-refractivity contribution in [2.24, 2.45) is 0 Å². The summed E-state index contributed by atoms with van der Waals surface area (Å²) in [6, 6.07) is 16.7. The Bertz CT molecular complexity index is 833. The predicted molar refractivity (Wildman–Crippen MR) is 106 cm³/mol. The lowest BCUT2D eigenvalue weighted by Gasteiger charge is -2.30. The van der Waals surface area contributed by atoms with E-state index in [2.05, 4.69) is 39.5 Å². The number of thioether (sulfide) groups is 1. The van der Waals surface area contributed by atoms with E-state index in [9.17, 15) is 0 Å². The maximum absolute atomic E-state index is 6.05. The molecule has 0 bridgehead atoms. The Morgan fingerprint density at radius 1 is 1.16 bits per heavy atom. The van der Waals surface area contributed by atoms with Crippen LogP contribution in [0.25, 0.3) is 11.1 Å². The Kier molecular flexibility index (Phi) is 5.15. The zero-order chi connectivity index (χ0) is 17.1. The largest absolute Gasteiger partial charge is 0.424 e. The first kappa shape index (κ1) is 16.8. The molecule has 1 saturated heterocycles. The zero-order valence-electron chi connectivity index (χ0n) is 13.8. The number of oxazole rings is 1. The number of halogens is 1. The van der Waals surface area contributed by atoms with Crippen molar-refractivity contribution in [3.63, 3.8) is 0 Å². The van der Waals surface area contributed by atoms with Crippen molar-refractivity contribution in [2.45, 2.75) is 6.04 Å². The van der Waals surface area contributed by atoms with Crippen LogP contribution in [0.3, 0.4) is 0 Å². The molecule has 1 N–H and O–H groups in total. The minimum Gasteiger partial charge on any atom is -0.424 e. The van der Waals surface area contributed by atoms with Crippen LogP contribution in [0.1, 0.15) is 11.6 Å². The first-order chi connectivity index (χ1) is 12.3. The van der Waals surface area contributed by atoms with Gasteiger partial charge in [0, 0.05) is 36.2 Å². The summed E-state index contributed by atoms with van der Waals surface area (Å²) in [4.78, 5) is 7.05. The van der Waals surface area contributed by atoms with E-state index in [1.165, 1.54) is 17.1 Å². The summed E-state index contributed by atoms with van der Waals surface area (Å²) in [5, 5.41) is 4.15. The van der Waals surface area contributed by atoms with Crippen molar-refractivity contribution in [2.75, 3.05) is 36.5 Å². The summed E-state index contributed by atoms with van der Waals surface area (Å²) in [6.07, 6.45) is 0. The highest BCUT2D eigenvalue weighted by Gasteiger charge is 2.20. The van der Waals surface area contributed by atoms with Gasteiger partial charge in [0.1, 0.15) is 5.52 Å². The van der Waals surface area contributed by atoms with E-state index >= 15 is 0 Å². The Morgan fingerprint density at radius 2 is 1.96 bits per heavy atom. The molecule has 0 unspecified atom stereocenters. The third kappa shape index (κ3) is 4.11. The fourth-order valence-corrected chi connectivity index (χ4v) is 4.22. The second kappa shape index (κ2) is 7.68. The maximum Gasteiger partial charge on any atom is 0.296 e. The van der Waals surface area contributed by atoms with E-state index in [0.717, 1.165) is 30.7 Å². The van der Waals surface area contributed by atoms with Gasteiger partial charge in [0.2, 0.25) is 0 Å². The van der Waals surface area contributed by atoms with E-state index in [4.69, 9.17) is 16.0 Å². The molecule has 0 aliphatic carbocycles. The van der Waals surface area contributed by atoms with Crippen molar-refractivity contribution >= 4 is 40.5 Å². The molecule has 3 aromatic rings. The van der Waals surface area contributed by atoms with E-state index in [-0.39, 0.29) is 6.04 Å². The monoisotopic (exact) mass is 373 g/mol. The van der Waals surface area contributed by atoms with Gasteiger partial charge in [-0.3, -0.25) is 4.90 Å². The number of rotatable bonds is 5. The normalized spacial score (nSPS) is 16.8. The third-order valence-corrected chi connectivity index (χ3v) is 5.57. The zero-order valence-corrected chi connectivity index (χ0v) is 15.4. The van der Waals surface area contributed by atoms with Crippen LogP contribution in [0.5, 0.6) is 0 Å². The van der Waals surface area contributed by atoms with E-state index < -0.39 is 0 Å². The Hall–Kier alpha value is -1.69. The molecule has 0 radical (unpaired) electrons. The fraction of sp³-hybridized carbons (Fsp3) is 0.316. The van der Waals surface area contributed by atoms with E-state index in [1.54, 1.807) is 0 Å². The molecule has 4 rings (SSSR count). The van der Waals surface area contributed by atoms with Crippen LogP contribution in [-0.2, 0) is 0 Å². The molecule has 0 amide bonds. The molecule has 1 aliphatic rings. The number of benzene rings is 2. The van der Waals surface area contributed by atoms with Crippen LogP contribution in [-0.4, -0.2) is 41.0 Å². The molecule has 1 aromatic heterocycles. The molecule has 4 nitrogen and oxygen atoms in total. The molecule has 2 heterocycles. The molecule has 25 heavy (non-hydrogen) atoms. The van der Waals surface area contributed by atoms with Crippen LogP contribution in [0.2, 0.25) is 5.02 Å². The van der Waals surface area contributed by atoms with Gasteiger partial charge >= 0.3 is 0 Å². The van der Waals surface area contributed by atoms with E-state index in [1.807, 2.05) is 36.0 Å². The lowest BCUT2D eigenvalue weighted by Crippen LogP contribution is -2.37. The molecule has 6 heteroatoms. The van der Waals surface area contributed by atoms with Crippen molar-refractivity contribution in [1.29, 1.82) is 0 Å². The lowest BCUT2D eigenvalue weighted by molar-refractivity contribution is 0.288. The summed E-state index contributed by atoms with van der Waals surface area (Å²) >= 11 is 8.07. The number of nitrogens with one attached hydrogen (secondary N) is 1. The van der Waals surface area contributed by atoms with Gasteiger partial charge in [-0.2, -0.15) is 16.7 Å². The molecule has 1 fully saturated rings. The number of hydrogen-bond acceptors (Lipinski definition) is 5. The maximum atomic E-state index is 6.05. The van der Waals surface area contributed by atoms with Gasteiger partial charge in [0.05, 0.1) is 6.04 Å². The second-order valence-corrected chi connectivity index (χ2v) is 7.81. The Balaban J connectivity index is 1.57. The summed E-state index contributed by atoms with van der Waals surface area (Å²) in [7, 11) is 0. The predicted octanol–water partition coefficient (Wildman–Crippen LogP) is 4.68. The van der Waals surface area contributed by atoms with Gasteiger partial charge in [-0.15, -0.1) is 0 Å². The van der Waals surface area contributed by atoms with Crippen LogP contribution in [0.4, 0.5) is 6.01 Å². The van der Waals surface area contributed by atoms with Crippen molar-refractivity contribution in [1.82, 2.24) is 9.88 Å². The minimum atomic E-state index is 0.132. The molecular formula is C19H20ClN3OS. The number of anilines is 1. The minimum absolute atomic E-state index is 0.132. The first-order valence-corrected chi connectivity index (χ1v) is 9.99. The van der Waals surface area contributed by atoms with Crippen molar-refractivity contribution < 1.29 is 4.42 Å². The summed E-state index contributed by atoms with van der Waals surface area (Å²) in [5.74, 6) is 2.39. The summed E-state index contributed by atoms with van der Waals surface area (Å²) in [5.41, 5.74) is 2.75. The number of hydrogen-bond donors (Lipinski definition) is 1. The van der Waals surface area contributed by atoms with Crippen LogP contribution < -0.4 is 5.32 Å². The summed E-state index contributed by atoms with van der Waals surface area (Å²) < 4.78 is 5.86. The highest BCUT2D eigenvalue weighted by atomic mass is 35.5. The standard InChI is InChI=1S/C19H20ClN3OS/c20-15-6-7-18-16(12-15)21-19(24-18)22-17(14-4-2-1-3-5-14)13-23-8-10-25-11-9-23/h1-7,12,17H,8-11,13H2,(H,21,22)/t17-/m0/s1. The first-order valence-electron chi connectivity index (χ1n) is 8.45. The van der Waals surface area contributed by atoms with Gasteiger partial charge in [-0.05, 0) is 23.8 Å². The van der Waals surface area contributed by atoms with Crippen molar-refractivity contribution in [3.05, 3.63) is 59.1 Å². The molecule has 2 aromatic carbocycles. The van der Waals surface area contributed by atoms with Gasteiger partial charge in [-0.25, -0.2) is 0 Å². The molecule has 1 atom stereocenters. The molecule has 0 spiro atoms. The number of nitrogens with zero attached hydrogens (tertiary/aromatic N) is 2. The Morgan fingerprint density at radius 3 is 2.76 bits per heavy atom. The van der Waals surface area contributed by atoms with Gasteiger partial charge in [0.15, 0.2) is 5.58 Å².